The van der Waals surface area contributed by atoms with Gasteiger partial charge in [-0.2, -0.15) is 5.26 Å². The molecule has 1 amide bonds. The van der Waals surface area contributed by atoms with E-state index in [1.54, 1.807) is 28.8 Å². The van der Waals surface area contributed by atoms with Crippen molar-refractivity contribution in [2.24, 2.45) is 5.73 Å². The molecule has 2 unspecified atom stereocenters. The van der Waals surface area contributed by atoms with Crippen molar-refractivity contribution in [2.45, 2.75) is 31.0 Å². The molecule has 1 aliphatic rings. The van der Waals surface area contributed by atoms with Gasteiger partial charge in [0.05, 0.1) is 23.7 Å². The fraction of sp³-hybridized carbons (Fsp3) is 0.217. The van der Waals surface area contributed by atoms with Crippen molar-refractivity contribution in [1.82, 2.24) is 14.9 Å². The number of amides is 1. The number of aromatic nitrogens is 2. The van der Waals surface area contributed by atoms with Crippen molar-refractivity contribution < 1.29 is 14.7 Å². The molecular formula is C23H21N5O3. The molecule has 0 aliphatic carbocycles. The second-order valence-electron chi connectivity index (χ2n) is 7.60. The van der Waals surface area contributed by atoms with Crippen LogP contribution in [0.3, 0.4) is 0 Å². The Kier molecular flexibility index (Phi) is 5.28. The lowest BCUT2D eigenvalue weighted by atomic mass is 9.72. The number of aliphatic carboxylic acids is 1. The van der Waals surface area contributed by atoms with Crippen LogP contribution in [0, 0.1) is 11.3 Å². The molecule has 8 heteroatoms. The normalized spacial score (nSPS) is 17.2. The van der Waals surface area contributed by atoms with Gasteiger partial charge in [0.1, 0.15) is 0 Å². The molecule has 156 valence electrons. The molecule has 0 fully saturated rings. The van der Waals surface area contributed by atoms with Gasteiger partial charge in [-0.05, 0) is 35.2 Å². The van der Waals surface area contributed by atoms with E-state index in [-0.39, 0.29) is 12.2 Å². The molecule has 4 rings (SSSR count). The number of nitriles is 1. The Bertz CT molecular complexity index is 1160. The number of fused-ring (bicyclic) bond motifs is 1. The lowest BCUT2D eigenvalue weighted by Gasteiger charge is -2.38. The average molecular weight is 415 g/mol. The highest BCUT2D eigenvalue weighted by Gasteiger charge is 2.55. The van der Waals surface area contributed by atoms with Crippen LogP contribution in [0.4, 0.5) is 0 Å². The number of primary amides is 1. The van der Waals surface area contributed by atoms with Gasteiger partial charge in [0.25, 0.3) is 0 Å². The third-order valence-corrected chi connectivity index (χ3v) is 5.88. The molecule has 4 N–H and O–H groups in total. The number of imidazole rings is 1. The highest BCUT2D eigenvalue weighted by atomic mass is 16.4. The van der Waals surface area contributed by atoms with Crippen LogP contribution in [-0.2, 0) is 34.5 Å². The van der Waals surface area contributed by atoms with Crippen LogP contribution in [0.2, 0.25) is 0 Å². The number of nitrogens with one attached hydrogen (secondary N) is 1. The molecule has 2 heterocycles. The lowest BCUT2D eigenvalue weighted by Crippen LogP contribution is -2.63. The van der Waals surface area contributed by atoms with Crippen molar-refractivity contribution in [3.8, 4) is 6.07 Å². The van der Waals surface area contributed by atoms with E-state index >= 15 is 0 Å². The molecule has 0 radical (unpaired) electrons. The number of hydrogen-bond donors (Lipinski definition) is 3. The van der Waals surface area contributed by atoms with Crippen LogP contribution < -0.4 is 11.1 Å². The Morgan fingerprint density at radius 3 is 2.58 bits per heavy atom. The fourth-order valence-corrected chi connectivity index (χ4v) is 4.26. The number of benzene rings is 2. The summed E-state index contributed by atoms with van der Waals surface area (Å²) in [4.78, 5) is 29.6. The Labute approximate surface area is 178 Å². The van der Waals surface area contributed by atoms with Gasteiger partial charge < -0.3 is 20.7 Å². The third kappa shape index (κ3) is 3.45. The van der Waals surface area contributed by atoms with E-state index in [0.717, 1.165) is 16.7 Å². The molecule has 1 aliphatic heterocycles. The topological polar surface area (TPSA) is 134 Å². The minimum Gasteiger partial charge on any atom is -0.480 e. The molecule has 2 aromatic carbocycles. The van der Waals surface area contributed by atoms with Gasteiger partial charge in [0, 0.05) is 25.3 Å². The number of carbonyl (C=O) groups excluding carboxylic acids is 1. The predicted octanol–water partition coefficient (Wildman–Crippen LogP) is 1.33. The number of carboxylic acids is 1. The van der Waals surface area contributed by atoms with Gasteiger partial charge in [-0.1, -0.05) is 36.4 Å². The van der Waals surface area contributed by atoms with Crippen molar-refractivity contribution in [2.75, 3.05) is 0 Å². The Morgan fingerprint density at radius 1 is 1.23 bits per heavy atom. The zero-order valence-electron chi connectivity index (χ0n) is 16.7. The first-order chi connectivity index (χ1) is 15.0. The maximum Gasteiger partial charge on any atom is 0.327 e. The Hall–Kier alpha value is -3.96. The van der Waals surface area contributed by atoms with E-state index in [1.807, 2.05) is 24.3 Å². The molecule has 1 aromatic heterocycles. The smallest absolute Gasteiger partial charge is 0.327 e. The first-order valence-corrected chi connectivity index (χ1v) is 9.80. The van der Waals surface area contributed by atoms with E-state index in [2.05, 4.69) is 16.4 Å². The molecule has 0 bridgehead atoms. The summed E-state index contributed by atoms with van der Waals surface area (Å²) in [5.41, 5.74) is 7.40. The number of carbonyl (C=O) groups is 2. The predicted molar refractivity (Wildman–Crippen MR) is 112 cm³/mol. The highest BCUT2D eigenvalue weighted by Crippen LogP contribution is 2.34. The minimum atomic E-state index is -2.00. The van der Waals surface area contributed by atoms with Gasteiger partial charge in [0.15, 0.2) is 0 Å². The summed E-state index contributed by atoms with van der Waals surface area (Å²) >= 11 is 0. The minimum absolute atomic E-state index is 0.216. The fourth-order valence-electron chi connectivity index (χ4n) is 4.26. The van der Waals surface area contributed by atoms with Crippen LogP contribution in [0.1, 0.15) is 27.9 Å². The van der Waals surface area contributed by atoms with Crippen molar-refractivity contribution in [1.29, 1.82) is 5.26 Å². The second kappa shape index (κ2) is 8.05. The van der Waals surface area contributed by atoms with E-state index in [4.69, 9.17) is 11.0 Å². The number of hydrogen-bond acceptors (Lipinski definition) is 5. The first-order valence-electron chi connectivity index (χ1n) is 9.80. The van der Waals surface area contributed by atoms with Crippen molar-refractivity contribution in [3.05, 3.63) is 89.0 Å². The first kappa shape index (κ1) is 20.3. The second-order valence-corrected chi connectivity index (χ2v) is 7.60. The Balaban J connectivity index is 1.76. The molecule has 31 heavy (non-hydrogen) atoms. The van der Waals surface area contributed by atoms with Crippen LogP contribution in [0.5, 0.6) is 0 Å². The van der Waals surface area contributed by atoms with Crippen LogP contribution in [0.25, 0.3) is 0 Å². The van der Waals surface area contributed by atoms with E-state index in [1.165, 1.54) is 12.5 Å². The maximum atomic E-state index is 12.8. The molecule has 2 atom stereocenters. The van der Waals surface area contributed by atoms with Crippen molar-refractivity contribution >= 4 is 11.9 Å². The van der Waals surface area contributed by atoms with Crippen LogP contribution >= 0.6 is 0 Å². The highest BCUT2D eigenvalue weighted by molar-refractivity contribution is 6.08. The van der Waals surface area contributed by atoms with Crippen molar-refractivity contribution in [3.63, 3.8) is 0 Å². The zero-order chi connectivity index (χ0) is 22.0. The molecule has 3 aromatic rings. The molecule has 0 saturated heterocycles. The van der Waals surface area contributed by atoms with Gasteiger partial charge >= 0.3 is 5.97 Å². The largest absolute Gasteiger partial charge is 0.480 e. The SMILES string of the molecule is N#Cc1ccc(Cn2cncc2C(C(N)=O)(C(=O)O)C2Cc3ccccc3CN2)cc1. The molecular weight excluding hydrogens is 394 g/mol. The summed E-state index contributed by atoms with van der Waals surface area (Å²) in [6.45, 7) is 0.722. The Morgan fingerprint density at radius 2 is 1.94 bits per heavy atom. The molecule has 0 spiro atoms. The average Bonchev–Trinajstić information content (AvgIpc) is 3.22. The maximum absolute atomic E-state index is 12.8. The number of carboxylic acid groups (broad SMARTS) is 1. The number of nitrogens with zero attached hydrogens (tertiary/aromatic N) is 3. The standard InChI is InChI=1S/C23H21N5O3/c24-10-15-5-7-16(8-6-15)13-28-14-26-12-20(28)23(21(25)29,22(30)31)19-9-17-3-1-2-4-18(17)11-27-19/h1-8,12,14,19,27H,9,11,13H2,(H2,25,29)(H,30,31). The summed E-state index contributed by atoms with van der Waals surface area (Å²) in [5, 5.41) is 22.5. The zero-order valence-corrected chi connectivity index (χ0v) is 16.7. The summed E-state index contributed by atoms with van der Waals surface area (Å²) in [6.07, 6.45) is 3.23. The summed E-state index contributed by atoms with van der Waals surface area (Å²) in [5.74, 6) is -2.27. The summed E-state index contributed by atoms with van der Waals surface area (Å²) in [7, 11) is 0. The monoisotopic (exact) mass is 415 g/mol. The van der Waals surface area contributed by atoms with Crippen LogP contribution in [0.15, 0.2) is 61.1 Å². The van der Waals surface area contributed by atoms with E-state index < -0.39 is 23.3 Å². The number of nitrogens with two attached hydrogens (primary N) is 1. The molecule has 0 saturated carbocycles. The van der Waals surface area contributed by atoms with Gasteiger partial charge in [-0.15, -0.1) is 0 Å². The molecule has 8 nitrogen and oxygen atoms in total. The van der Waals surface area contributed by atoms with Crippen LogP contribution in [-0.4, -0.2) is 32.6 Å². The van der Waals surface area contributed by atoms with E-state index in [9.17, 15) is 14.7 Å². The summed E-state index contributed by atoms with van der Waals surface area (Å²) < 4.78 is 1.63. The summed E-state index contributed by atoms with van der Waals surface area (Å²) in [6, 6.07) is 16.0. The van der Waals surface area contributed by atoms with Gasteiger partial charge in [-0.3, -0.25) is 9.59 Å². The van der Waals surface area contributed by atoms with E-state index in [0.29, 0.717) is 18.5 Å². The van der Waals surface area contributed by atoms with Gasteiger partial charge in [0.2, 0.25) is 11.3 Å². The quantitative estimate of drug-likeness (QED) is 0.520. The lowest BCUT2D eigenvalue weighted by molar-refractivity contribution is -0.150. The third-order valence-electron chi connectivity index (χ3n) is 5.88. The van der Waals surface area contributed by atoms with Gasteiger partial charge in [-0.25, -0.2) is 4.98 Å². The number of rotatable bonds is 6.